The molecule has 2 rings (SSSR count). The van der Waals surface area contributed by atoms with E-state index in [0.717, 1.165) is 31.7 Å². The van der Waals surface area contributed by atoms with Gasteiger partial charge in [0, 0.05) is 6.04 Å². The van der Waals surface area contributed by atoms with Crippen molar-refractivity contribution in [2.75, 3.05) is 5.32 Å². The Morgan fingerprint density at radius 2 is 2.05 bits per heavy atom. The van der Waals surface area contributed by atoms with Crippen molar-refractivity contribution < 1.29 is 9.31 Å². The van der Waals surface area contributed by atoms with Gasteiger partial charge in [-0.05, 0) is 43.7 Å². The second-order valence-electron chi connectivity index (χ2n) is 5.83. The van der Waals surface area contributed by atoms with Crippen LogP contribution >= 0.6 is 0 Å². The minimum absolute atomic E-state index is 0.176. The molecule has 4 nitrogen and oxygen atoms in total. The van der Waals surface area contributed by atoms with Crippen LogP contribution in [0.5, 0.6) is 0 Å². The zero-order valence-electron chi connectivity index (χ0n) is 12.0. The summed E-state index contributed by atoms with van der Waals surface area (Å²) in [6.45, 7) is 3.87. The first kappa shape index (κ1) is 14.8. The van der Waals surface area contributed by atoms with Crippen molar-refractivity contribution in [3.8, 4) is 0 Å². The number of rotatable bonds is 3. The van der Waals surface area contributed by atoms with E-state index in [0.29, 0.717) is 17.2 Å². The zero-order valence-corrected chi connectivity index (χ0v) is 12.0. The molecule has 0 aliphatic heterocycles. The smallest absolute Gasteiger partial charge is 0.295 e. The topological polar surface area (TPSA) is 55.2 Å². The molecule has 0 amide bonds. The lowest BCUT2D eigenvalue weighted by Crippen LogP contribution is -2.19. The zero-order chi connectivity index (χ0) is 14.7. The minimum Gasteiger partial charge on any atom is -0.377 e. The lowest BCUT2D eigenvalue weighted by atomic mass is 10.0. The van der Waals surface area contributed by atoms with Crippen LogP contribution in [-0.2, 0) is 0 Å². The summed E-state index contributed by atoms with van der Waals surface area (Å²) in [4.78, 5) is 10.5. The molecule has 20 heavy (non-hydrogen) atoms. The van der Waals surface area contributed by atoms with Crippen molar-refractivity contribution in [1.82, 2.24) is 0 Å². The van der Waals surface area contributed by atoms with E-state index < -0.39 is 10.7 Å². The van der Waals surface area contributed by atoms with Crippen molar-refractivity contribution in [1.29, 1.82) is 0 Å². The van der Waals surface area contributed by atoms with E-state index in [9.17, 15) is 14.5 Å². The number of nitrogens with one attached hydrogen (secondary N) is 1. The maximum atomic E-state index is 13.5. The van der Waals surface area contributed by atoms with E-state index in [1.807, 2.05) is 0 Å². The molecule has 1 aliphatic rings. The van der Waals surface area contributed by atoms with Gasteiger partial charge in [-0.3, -0.25) is 10.1 Å². The summed E-state index contributed by atoms with van der Waals surface area (Å²) in [6, 6.07) is 2.79. The number of nitro groups is 1. The number of nitrogens with zero attached hydrogens (tertiary/aromatic N) is 1. The van der Waals surface area contributed by atoms with Crippen LogP contribution in [-0.4, -0.2) is 11.0 Å². The fourth-order valence-electron chi connectivity index (χ4n) is 2.79. The van der Waals surface area contributed by atoms with Gasteiger partial charge in [-0.2, -0.15) is 0 Å². The summed E-state index contributed by atoms with van der Waals surface area (Å²) in [6.07, 6.45) is 5.49. The molecule has 0 radical (unpaired) electrons. The first-order valence-electron chi connectivity index (χ1n) is 7.18. The molecule has 0 aromatic heterocycles. The molecule has 1 aromatic rings. The fourth-order valence-corrected chi connectivity index (χ4v) is 2.79. The van der Waals surface area contributed by atoms with Gasteiger partial charge in [0.25, 0.3) is 5.69 Å². The van der Waals surface area contributed by atoms with Gasteiger partial charge in [0.2, 0.25) is 0 Å². The van der Waals surface area contributed by atoms with E-state index in [2.05, 4.69) is 12.2 Å². The maximum absolute atomic E-state index is 13.5. The van der Waals surface area contributed by atoms with E-state index >= 15 is 0 Å². The molecule has 110 valence electrons. The van der Waals surface area contributed by atoms with Gasteiger partial charge in [0.1, 0.15) is 11.5 Å². The van der Waals surface area contributed by atoms with Gasteiger partial charge in [-0.25, -0.2) is 4.39 Å². The first-order chi connectivity index (χ1) is 9.47. The Morgan fingerprint density at radius 1 is 1.30 bits per heavy atom. The van der Waals surface area contributed by atoms with Crippen LogP contribution < -0.4 is 5.32 Å². The second-order valence-corrected chi connectivity index (χ2v) is 5.83. The van der Waals surface area contributed by atoms with E-state index in [-0.39, 0.29) is 11.7 Å². The third-order valence-corrected chi connectivity index (χ3v) is 4.09. The molecule has 5 heteroatoms. The number of anilines is 1. The van der Waals surface area contributed by atoms with E-state index in [1.165, 1.54) is 6.42 Å². The van der Waals surface area contributed by atoms with Crippen LogP contribution in [0.4, 0.5) is 15.8 Å². The standard InChI is InChI=1S/C15H21FN2O2/c1-10-4-3-5-12(7-6-10)17-14-8-11(2)13(16)9-15(14)18(19)20/h8-10,12,17H,3-7H2,1-2H3. The van der Waals surface area contributed by atoms with Crippen molar-refractivity contribution >= 4 is 11.4 Å². The van der Waals surface area contributed by atoms with Crippen LogP contribution in [0.15, 0.2) is 12.1 Å². The van der Waals surface area contributed by atoms with Gasteiger partial charge >= 0.3 is 0 Å². The van der Waals surface area contributed by atoms with E-state index in [1.54, 1.807) is 13.0 Å². The average Bonchev–Trinajstić information content (AvgIpc) is 2.58. The molecule has 0 heterocycles. The van der Waals surface area contributed by atoms with Crippen LogP contribution in [0.1, 0.15) is 44.6 Å². The fraction of sp³-hybridized carbons (Fsp3) is 0.600. The van der Waals surface area contributed by atoms with Crippen LogP contribution in [0, 0.1) is 28.8 Å². The Balaban J connectivity index is 2.19. The summed E-state index contributed by atoms with van der Waals surface area (Å²) in [5.74, 6) is 0.184. The molecule has 1 N–H and O–H groups in total. The third kappa shape index (κ3) is 3.46. The van der Waals surface area contributed by atoms with Crippen molar-refractivity contribution in [2.24, 2.45) is 5.92 Å². The van der Waals surface area contributed by atoms with Gasteiger partial charge in [-0.1, -0.05) is 19.8 Å². The largest absolute Gasteiger partial charge is 0.377 e. The molecule has 1 saturated carbocycles. The van der Waals surface area contributed by atoms with Gasteiger partial charge in [0.15, 0.2) is 0 Å². The summed E-state index contributed by atoms with van der Waals surface area (Å²) < 4.78 is 13.5. The second kappa shape index (κ2) is 6.20. The first-order valence-corrected chi connectivity index (χ1v) is 7.18. The SMILES string of the molecule is Cc1cc(NC2CCCC(C)CC2)c([N+](=O)[O-])cc1F. The third-order valence-electron chi connectivity index (χ3n) is 4.09. The monoisotopic (exact) mass is 280 g/mol. The summed E-state index contributed by atoms with van der Waals surface area (Å²) >= 11 is 0. The Bertz CT molecular complexity index is 505. The predicted molar refractivity (Wildman–Crippen MR) is 77.5 cm³/mol. The highest BCUT2D eigenvalue weighted by Crippen LogP contribution is 2.31. The molecule has 0 saturated heterocycles. The Hall–Kier alpha value is -1.65. The lowest BCUT2D eigenvalue weighted by molar-refractivity contribution is -0.384. The van der Waals surface area contributed by atoms with Crippen molar-refractivity contribution in [3.63, 3.8) is 0 Å². The number of halogens is 1. The van der Waals surface area contributed by atoms with Gasteiger partial charge < -0.3 is 5.32 Å². The Kier molecular flexibility index (Phi) is 4.57. The molecule has 0 spiro atoms. The average molecular weight is 280 g/mol. The Morgan fingerprint density at radius 3 is 2.75 bits per heavy atom. The molecular formula is C15H21FN2O2. The van der Waals surface area contributed by atoms with Crippen LogP contribution in [0.3, 0.4) is 0 Å². The van der Waals surface area contributed by atoms with Crippen LogP contribution in [0.25, 0.3) is 0 Å². The van der Waals surface area contributed by atoms with Gasteiger partial charge in [0.05, 0.1) is 11.0 Å². The highest BCUT2D eigenvalue weighted by atomic mass is 19.1. The quantitative estimate of drug-likeness (QED) is 0.506. The summed E-state index contributed by atoms with van der Waals surface area (Å²) in [5, 5.41) is 14.3. The highest BCUT2D eigenvalue weighted by Gasteiger charge is 2.21. The predicted octanol–water partition coefficient (Wildman–Crippen LogP) is 4.42. The van der Waals surface area contributed by atoms with Gasteiger partial charge in [-0.15, -0.1) is 0 Å². The number of nitro benzene ring substituents is 1. The normalized spacial score (nSPS) is 23.1. The molecule has 1 aromatic carbocycles. The Labute approximate surface area is 118 Å². The molecule has 1 aliphatic carbocycles. The molecule has 1 fully saturated rings. The maximum Gasteiger partial charge on any atom is 0.295 e. The number of aryl methyl sites for hydroxylation is 1. The number of hydrogen-bond donors (Lipinski definition) is 1. The number of benzene rings is 1. The molecule has 2 atom stereocenters. The summed E-state index contributed by atoms with van der Waals surface area (Å²) in [5.41, 5.74) is 0.693. The van der Waals surface area contributed by atoms with Crippen LogP contribution in [0.2, 0.25) is 0 Å². The summed E-state index contributed by atoms with van der Waals surface area (Å²) in [7, 11) is 0. The lowest BCUT2D eigenvalue weighted by Gasteiger charge is -2.18. The molecule has 2 unspecified atom stereocenters. The minimum atomic E-state index is -0.531. The molecular weight excluding hydrogens is 259 g/mol. The van der Waals surface area contributed by atoms with E-state index in [4.69, 9.17) is 0 Å². The molecule has 0 bridgehead atoms. The van der Waals surface area contributed by atoms with Crippen molar-refractivity contribution in [3.05, 3.63) is 33.6 Å². The van der Waals surface area contributed by atoms with Crippen molar-refractivity contribution in [2.45, 2.75) is 52.0 Å². The highest BCUT2D eigenvalue weighted by molar-refractivity contribution is 5.63. The number of hydrogen-bond acceptors (Lipinski definition) is 3.